The number of amides is 1. The van der Waals surface area contributed by atoms with Crippen molar-refractivity contribution in [2.24, 2.45) is 11.3 Å². The molecule has 3 N–H and O–H groups in total. The molecular weight excluding hydrogens is 286 g/mol. The number of halogens is 1. The second-order valence-corrected chi connectivity index (χ2v) is 6.71. The average molecular weight is 306 g/mol. The molecule has 21 heavy (non-hydrogen) atoms. The Labute approximate surface area is 129 Å². The fourth-order valence-electron chi connectivity index (χ4n) is 3.72. The molecule has 4 nitrogen and oxygen atoms in total. The van der Waals surface area contributed by atoms with Crippen LogP contribution in [0, 0.1) is 16.7 Å². The summed E-state index contributed by atoms with van der Waals surface area (Å²) in [5, 5.41) is 14.0. The van der Waals surface area contributed by atoms with E-state index in [0.717, 1.165) is 25.1 Å². The van der Waals surface area contributed by atoms with Crippen molar-refractivity contribution in [2.75, 3.05) is 20.1 Å². The largest absolute Gasteiger partial charge is 0.355 e. The van der Waals surface area contributed by atoms with E-state index in [4.69, 9.17) is 17.0 Å². The van der Waals surface area contributed by atoms with Gasteiger partial charge in [-0.2, -0.15) is 0 Å². The highest BCUT2D eigenvalue weighted by Gasteiger charge is 2.48. The number of carbonyl (C=O) groups excluding carboxylic acids is 1. The Morgan fingerprint density at radius 1 is 1.52 bits per heavy atom. The molecule has 5 heteroatoms. The Morgan fingerprint density at radius 2 is 2.24 bits per heavy atom. The molecule has 1 spiro atoms. The molecule has 0 radical (unpaired) electrons. The van der Waals surface area contributed by atoms with E-state index in [1.54, 1.807) is 13.1 Å². The van der Waals surface area contributed by atoms with Crippen LogP contribution in [-0.4, -0.2) is 32.3 Å². The smallest absolute Gasteiger partial charge is 0.253 e. The number of benzene rings is 1. The predicted octanol–water partition coefficient (Wildman–Crippen LogP) is 2.24. The molecule has 0 unspecified atom stereocenters. The van der Waals surface area contributed by atoms with Crippen LogP contribution >= 0.6 is 11.6 Å². The first-order chi connectivity index (χ1) is 10.1. The molecule has 2 fully saturated rings. The van der Waals surface area contributed by atoms with Crippen LogP contribution in [0.3, 0.4) is 0 Å². The van der Waals surface area contributed by atoms with Gasteiger partial charge < -0.3 is 16.0 Å². The zero-order valence-electron chi connectivity index (χ0n) is 12.1. The highest BCUT2D eigenvalue weighted by atomic mass is 35.5. The standard InChI is InChI=1S/C16H20ClN3O/c1-19-15(21)14-12(7-18)11(2-3-13(14)17)4-10-5-16(6-10)8-20-9-16/h2-3,7,10,18,20H,4-6,8-9H2,1H3,(H,19,21). The molecule has 1 aromatic rings. The van der Waals surface area contributed by atoms with E-state index in [0.29, 0.717) is 27.5 Å². The molecule has 1 aliphatic carbocycles. The molecule has 1 heterocycles. The third-order valence-corrected chi connectivity index (χ3v) is 5.15. The zero-order chi connectivity index (χ0) is 15.0. The summed E-state index contributed by atoms with van der Waals surface area (Å²) in [4.78, 5) is 12.0. The van der Waals surface area contributed by atoms with Gasteiger partial charge in [0.25, 0.3) is 5.91 Å². The van der Waals surface area contributed by atoms with Crippen molar-refractivity contribution in [3.05, 3.63) is 33.8 Å². The zero-order valence-corrected chi connectivity index (χ0v) is 12.9. The van der Waals surface area contributed by atoms with Crippen molar-refractivity contribution in [3.8, 4) is 0 Å². The van der Waals surface area contributed by atoms with Gasteiger partial charge in [-0.3, -0.25) is 4.79 Å². The van der Waals surface area contributed by atoms with Crippen molar-refractivity contribution in [1.82, 2.24) is 10.6 Å². The van der Waals surface area contributed by atoms with Gasteiger partial charge in [0.15, 0.2) is 0 Å². The minimum atomic E-state index is -0.228. The van der Waals surface area contributed by atoms with E-state index in [2.05, 4.69) is 10.6 Å². The van der Waals surface area contributed by atoms with Crippen LogP contribution in [0.4, 0.5) is 0 Å². The fourth-order valence-corrected chi connectivity index (χ4v) is 3.97. The monoisotopic (exact) mass is 305 g/mol. The Bertz CT molecular complexity index is 587. The lowest BCUT2D eigenvalue weighted by Gasteiger charge is -2.54. The SMILES string of the molecule is CNC(=O)c1c(Cl)ccc(CC2CC3(CNC3)C2)c1C=N. The Kier molecular flexibility index (Phi) is 3.76. The molecule has 2 aliphatic rings. The maximum Gasteiger partial charge on any atom is 0.253 e. The summed E-state index contributed by atoms with van der Waals surface area (Å²) in [5.74, 6) is 0.429. The number of nitrogens with one attached hydrogen (secondary N) is 3. The molecule has 1 amide bonds. The highest BCUT2D eigenvalue weighted by molar-refractivity contribution is 6.34. The Hall–Kier alpha value is -1.39. The molecule has 112 valence electrons. The van der Waals surface area contributed by atoms with Crippen LogP contribution < -0.4 is 10.6 Å². The maximum absolute atomic E-state index is 12.0. The normalized spacial score (nSPS) is 19.7. The second-order valence-electron chi connectivity index (χ2n) is 6.30. The third-order valence-electron chi connectivity index (χ3n) is 4.84. The molecule has 1 saturated carbocycles. The molecule has 1 aliphatic heterocycles. The van der Waals surface area contributed by atoms with Gasteiger partial charge in [-0.25, -0.2) is 0 Å². The van der Waals surface area contributed by atoms with Gasteiger partial charge in [-0.15, -0.1) is 0 Å². The van der Waals surface area contributed by atoms with Gasteiger partial charge in [0.05, 0.1) is 10.6 Å². The molecule has 0 aromatic heterocycles. The molecular formula is C16H20ClN3O. The summed E-state index contributed by atoms with van der Waals surface area (Å²) >= 11 is 6.14. The van der Waals surface area contributed by atoms with Crippen LogP contribution in [0.15, 0.2) is 12.1 Å². The van der Waals surface area contributed by atoms with E-state index in [1.807, 2.05) is 6.07 Å². The first-order valence-electron chi connectivity index (χ1n) is 7.33. The molecule has 3 rings (SSSR count). The Balaban J connectivity index is 1.82. The van der Waals surface area contributed by atoms with Crippen molar-refractivity contribution in [2.45, 2.75) is 19.3 Å². The lowest BCUT2D eigenvalue weighted by atomic mass is 9.57. The van der Waals surface area contributed by atoms with Gasteiger partial charge >= 0.3 is 0 Å². The summed E-state index contributed by atoms with van der Waals surface area (Å²) in [6.07, 6.45) is 4.67. The summed E-state index contributed by atoms with van der Waals surface area (Å²) < 4.78 is 0. The highest BCUT2D eigenvalue weighted by Crippen LogP contribution is 2.49. The van der Waals surface area contributed by atoms with Gasteiger partial charge in [0.2, 0.25) is 0 Å². The van der Waals surface area contributed by atoms with Crippen molar-refractivity contribution >= 4 is 23.7 Å². The summed E-state index contributed by atoms with van der Waals surface area (Å²) in [6, 6.07) is 3.73. The van der Waals surface area contributed by atoms with Crippen molar-refractivity contribution < 1.29 is 4.79 Å². The van der Waals surface area contributed by atoms with Gasteiger partial charge in [0, 0.05) is 31.9 Å². The summed E-state index contributed by atoms with van der Waals surface area (Å²) in [7, 11) is 1.58. The Morgan fingerprint density at radius 3 is 2.76 bits per heavy atom. The lowest BCUT2D eigenvalue weighted by molar-refractivity contribution is 0.000872. The minimum Gasteiger partial charge on any atom is -0.355 e. The van der Waals surface area contributed by atoms with E-state index >= 15 is 0 Å². The first-order valence-corrected chi connectivity index (χ1v) is 7.71. The van der Waals surface area contributed by atoms with E-state index < -0.39 is 0 Å². The molecule has 0 atom stereocenters. The fraction of sp³-hybridized carbons (Fsp3) is 0.500. The second kappa shape index (κ2) is 5.43. The topological polar surface area (TPSA) is 65.0 Å². The van der Waals surface area contributed by atoms with Gasteiger partial charge in [0.1, 0.15) is 0 Å². The van der Waals surface area contributed by atoms with Gasteiger partial charge in [-0.05, 0) is 42.2 Å². The number of hydrogen-bond acceptors (Lipinski definition) is 3. The average Bonchev–Trinajstić information content (AvgIpc) is 2.40. The molecule has 0 bridgehead atoms. The maximum atomic E-state index is 12.0. The van der Waals surface area contributed by atoms with E-state index in [1.165, 1.54) is 19.1 Å². The van der Waals surface area contributed by atoms with Crippen LogP contribution in [0.2, 0.25) is 5.02 Å². The van der Waals surface area contributed by atoms with Crippen molar-refractivity contribution in [1.29, 1.82) is 5.41 Å². The van der Waals surface area contributed by atoms with Crippen molar-refractivity contribution in [3.63, 3.8) is 0 Å². The molecule has 1 aromatic carbocycles. The van der Waals surface area contributed by atoms with Crippen LogP contribution in [0.5, 0.6) is 0 Å². The van der Waals surface area contributed by atoms with Gasteiger partial charge in [-0.1, -0.05) is 17.7 Å². The number of rotatable bonds is 4. The minimum absolute atomic E-state index is 0.228. The predicted molar refractivity (Wildman–Crippen MR) is 84.5 cm³/mol. The molecule has 1 saturated heterocycles. The van der Waals surface area contributed by atoms with Crippen LogP contribution in [0.25, 0.3) is 0 Å². The third kappa shape index (κ3) is 2.47. The van der Waals surface area contributed by atoms with E-state index in [-0.39, 0.29) is 5.91 Å². The summed E-state index contributed by atoms with van der Waals surface area (Å²) in [5.41, 5.74) is 2.69. The van der Waals surface area contributed by atoms with Crippen LogP contribution in [-0.2, 0) is 6.42 Å². The summed E-state index contributed by atoms with van der Waals surface area (Å²) in [6.45, 7) is 2.29. The number of hydrogen-bond donors (Lipinski definition) is 3. The lowest BCUT2D eigenvalue weighted by Crippen LogP contribution is -2.60. The van der Waals surface area contributed by atoms with E-state index in [9.17, 15) is 4.79 Å². The van der Waals surface area contributed by atoms with Crippen LogP contribution in [0.1, 0.15) is 34.3 Å². The first kappa shape index (κ1) is 14.5. The number of carbonyl (C=O) groups is 1. The quantitative estimate of drug-likeness (QED) is 0.747.